The summed E-state index contributed by atoms with van der Waals surface area (Å²) in [7, 11) is 0. The Labute approximate surface area is 162 Å². The fraction of sp³-hybridized carbons (Fsp3) is 0.533. The minimum Gasteiger partial charge on any atom is -0.339 e. The van der Waals surface area contributed by atoms with Gasteiger partial charge >= 0.3 is 0 Å². The third kappa shape index (κ3) is 4.32. The quantitative estimate of drug-likeness (QED) is 0.833. The van der Waals surface area contributed by atoms with E-state index in [1.165, 1.54) is 0 Å². The smallest absolute Gasteiger partial charge is 0.242 e. The fourth-order valence-electron chi connectivity index (χ4n) is 2.79. The van der Waals surface area contributed by atoms with Crippen LogP contribution in [0.2, 0.25) is 0 Å². The molecule has 138 valence electrons. The van der Waals surface area contributed by atoms with Gasteiger partial charge in [0.05, 0.1) is 17.0 Å². The minimum atomic E-state index is -0.565. The Hall–Kier alpha value is -1.19. The number of carbonyl (C=O) groups excluding carboxylic acids is 1. The first-order chi connectivity index (χ1) is 11.1. The third-order valence-electron chi connectivity index (χ3n) is 4.44. The van der Waals surface area contributed by atoms with Gasteiger partial charge in [-0.1, -0.05) is 11.2 Å². The van der Waals surface area contributed by atoms with Crippen LogP contribution in [0.25, 0.3) is 10.7 Å². The summed E-state index contributed by atoms with van der Waals surface area (Å²) in [6.07, 6.45) is 1.64. The summed E-state index contributed by atoms with van der Waals surface area (Å²) in [5, 5.41) is 6.02. The van der Waals surface area contributed by atoms with E-state index in [1.54, 1.807) is 11.3 Å². The number of piperazine rings is 1. The Morgan fingerprint density at radius 3 is 2.60 bits per heavy atom. The molecule has 3 heterocycles. The van der Waals surface area contributed by atoms with E-state index in [-0.39, 0.29) is 30.7 Å². The molecular weight excluding hydrogens is 385 g/mol. The Bertz CT molecular complexity index is 697. The molecule has 1 saturated heterocycles. The number of hydrogen-bond acceptors (Lipinski definition) is 7. The van der Waals surface area contributed by atoms with E-state index in [9.17, 15) is 4.79 Å². The second kappa shape index (κ2) is 8.01. The van der Waals surface area contributed by atoms with E-state index in [4.69, 9.17) is 10.3 Å². The van der Waals surface area contributed by atoms with Crippen LogP contribution < -0.4 is 5.73 Å². The van der Waals surface area contributed by atoms with Crippen LogP contribution in [0.3, 0.4) is 0 Å². The topological polar surface area (TPSA) is 88.5 Å². The van der Waals surface area contributed by atoms with Crippen molar-refractivity contribution in [1.82, 2.24) is 19.9 Å². The Balaban J connectivity index is 0.00000113. The van der Waals surface area contributed by atoms with Gasteiger partial charge in [0.25, 0.3) is 0 Å². The molecule has 2 aromatic rings. The van der Waals surface area contributed by atoms with Gasteiger partial charge < -0.3 is 15.2 Å². The number of nitrogens with two attached hydrogens (primary N) is 1. The normalized spacial score (nSPS) is 19.0. The largest absolute Gasteiger partial charge is 0.339 e. The highest BCUT2D eigenvalue weighted by Gasteiger charge is 2.48. The minimum absolute atomic E-state index is 0. The number of aromatic nitrogens is 2. The molecule has 2 N–H and O–H groups in total. The number of rotatable bonds is 4. The van der Waals surface area contributed by atoms with E-state index in [1.807, 2.05) is 22.4 Å². The lowest BCUT2D eigenvalue weighted by atomic mass is 10.2. The molecule has 0 bridgehead atoms. The molecule has 25 heavy (non-hydrogen) atoms. The molecule has 1 aliphatic carbocycles. The van der Waals surface area contributed by atoms with Crippen LogP contribution in [0.5, 0.6) is 0 Å². The summed E-state index contributed by atoms with van der Waals surface area (Å²) in [4.78, 5) is 21.8. The molecule has 10 heteroatoms. The fourth-order valence-corrected chi connectivity index (χ4v) is 3.44. The molecule has 0 radical (unpaired) electrons. The second-order valence-corrected chi connectivity index (χ2v) is 7.16. The molecule has 2 fully saturated rings. The van der Waals surface area contributed by atoms with E-state index in [2.05, 4.69) is 15.0 Å². The molecule has 1 aliphatic heterocycles. The van der Waals surface area contributed by atoms with Crippen molar-refractivity contribution >= 4 is 42.1 Å². The van der Waals surface area contributed by atoms with E-state index < -0.39 is 5.54 Å². The van der Waals surface area contributed by atoms with Crippen LogP contribution >= 0.6 is 36.2 Å². The zero-order chi connectivity index (χ0) is 15.9. The SMILES string of the molecule is Cl.Cl.NC1(C(=O)N2CCN(Cc3nc(-c4cccs4)no3)CC2)CC1. The maximum atomic E-state index is 12.2. The Morgan fingerprint density at radius 2 is 2.00 bits per heavy atom. The number of amides is 1. The van der Waals surface area contributed by atoms with Gasteiger partial charge in [-0.3, -0.25) is 9.69 Å². The van der Waals surface area contributed by atoms with Gasteiger partial charge in [-0.25, -0.2) is 0 Å². The van der Waals surface area contributed by atoms with Gasteiger partial charge in [-0.2, -0.15) is 4.98 Å². The highest BCUT2D eigenvalue weighted by Crippen LogP contribution is 2.34. The van der Waals surface area contributed by atoms with Crippen molar-refractivity contribution in [2.75, 3.05) is 26.2 Å². The molecule has 0 unspecified atom stereocenters. The molecule has 0 atom stereocenters. The standard InChI is InChI=1S/C15H19N5O2S.2ClH/c16-15(3-4-15)14(21)20-7-5-19(6-8-20)10-12-17-13(18-22-12)11-2-1-9-23-11;;/h1-2,9H,3-8,10,16H2;2*1H. The molecule has 2 aliphatic rings. The van der Waals surface area contributed by atoms with Gasteiger partial charge in [0, 0.05) is 26.2 Å². The zero-order valence-electron chi connectivity index (χ0n) is 13.6. The van der Waals surface area contributed by atoms with Gasteiger partial charge in [0.15, 0.2) is 0 Å². The second-order valence-electron chi connectivity index (χ2n) is 6.21. The maximum absolute atomic E-state index is 12.2. The monoisotopic (exact) mass is 405 g/mol. The predicted octanol–water partition coefficient (Wildman–Crippen LogP) is 1.78. The molecule has 0 aromatic carbocycles. The van der Waals surface area contributed by atoms with Crippen LogP contribution in [0.1, 0.15) is 18.7 Å². The molecule has 4 rings (SSSR count). The lowest BCUT2D eigenvalue weighted by molar-refractivity contribution is -0.135. The average Bonchev–Trinajstić information content (AvgIpc) is 2.99. The zero-order valence-corrected chi connectivity index (χ0v) is 16.0. The van der Waals surface area contributed by atoms with Crippen LogP contribution in [-0.4, -0.2) is 57.6 Å². The Morgan fingerprint density at radius 1 is 1.28 bits per heavy atom. The first-order valence-electron chi connectivity index (χ1n) is 7.81. The Kier molecular flexibility index (Phi) is 6.45. The van der Waals surface area contributed by atoms with Gasteiger partial charge in [-0.15, -0.1) is 36.2 Å². The van der Waals surface area contributed by atoms with Crippen molar-refractivity contribution in [3.05, 3.63) is 23.4 Å². The molecule has 1 amide bonds. The number of carbonyl (C=O) groups is 1. The number of thiophene rings is 1. The lowest BCUT2D eigenvalue weighted by Crippen LogP contribution is -2.53. The molecule has 1 saturated carbocycles. The van der Waals surface area contributed by atoms with Crippen LogP contribution in [-0.2, 0) is 11.3 Å². The van der Waals surface area contributed by atoms with E-state index >= 15 is 0 Å². The van der Waals surface area contributed by atoms with Crippen molar-refractivity contribution in [3.63, 3.8) is 0 Å². The van der Waals surface area contributed by atoms with Crippen molar-refractivity contribution in [1.29, 1.82) is 0 Å². The average molecular weight is 406 g/mol. The van der Waals surface area contributed by atoms with Crippen molar-refractivity contribution < 1.29 is 9.32 Å². The number of hydrogen-bond donors (Lipinski definition) is 1. The summed E-state index contributed by atoms with van der Waals surface area (Å²) in [5.74, 6) is 1.36. The van der Waals surface area contributed by atoms with Crippen LogP contribution in [0.4, 0.5) is 0 Å². The van der Waals surface area contributed by atoms with Crippen molar-refractivity contribution in [2.45, 2.75) is 24.9 Å². The van der Waals surface area contributed by atoms with Crippen molar-refractivity contribution in [2.24, 2.45) is 5.73 Å². The van der Waals surface area contributed by atoms with Gasteiger partial charge in [-0.05, 0) is 24.3 Å². The highest BCUT2D eigenvalue weighted by molar-refractivity contribution is 7.13. The number of halogens is 2. The molecule has 0 spiro atoms. The van der Waals surface area contributed by atoms with E-state index in [0.717, 1.165) is 30.8 Å². The summed E-state index contributed by atoms with van der Waals surface area (Å²) in [6, 6.07) is 3.95. The summed E-state index contributed by atoms with van der Waals surface area (Å²) < 4.78 is 5.33. The van der Waals surface area contributed by atoms with Crippen molar-refractivity contribution in [3.8, 4) is 10.7 Å². The summed E-state index contributed by atoms with van der Waals surface area (Å²) in [5.41, 5.74) is 5.43. The predicted molar refractivity (Wildman–Crippen MR) is 100 cm³/mol. The molecule has 2 aromatic heterocycles. The van der Waals surface area contributed by atoms with Gasteiger partial charge in [0.1, 0.15) is 0 Å². The third-order valence-corrected chi connectivity index (χ3v) is 5.31. The molecular formula is C15H21Cl2N5O2S. The first kappa shape index (κ1) is 20.1. The van der Waals surface area contributed by atoms with Crippen LogP contribution in [0, 0.1) is 0 Å². The summed E-state index contributed by atoms with van der Waals surface area (Å²) >= 11 is 1.59. The highest BCUT2D eigenvalue weighted by atomic mass is 35.5. The number of nitrogens with zero attached hydrogens (tertiary/aromatic N) is 4. The summed E-state index contributed by atoms with van der Waals surface area (Å²) in [6.45, 7) is 3.65. The lowest BCUT2D eigenvalue weighted by Gasteiger charge is -2.35. The van der Waals surface area contributed by atoms with E-state index in [0.29, 0.717) is 31.3 Å². The molecule has 7 nitrogen and oxygen atoms in total. The van der Waals surface area contributed by atoms with Crippen LogP contribution in [0.15, 0.2) is 22.0 Å². The maximum Gasteiger partial charge on any atom is 0.242 e. The van der Waals surface area contributed by atoms with Gasteiger partial charge in [0.2, 0.25) is 17.6 Å². The first-order valence-corrected chi connectivity index (χ1v) is 8.69.